The average Bonchev–Trinajstić information content (AvgIpc) is 3.07. The fourth-order valence-electron chi connectivity index (χ4n) is 2.18. The van der Waals surface area contributed by atoms with Crippen LogP contribution < -0.4 is 15.4 Å². The molecule has 8 heteroatoms. The summed E-state index contributed by atoms with van der Waals surface area (Å²) in [6.07, 6.45) is 1.39. The Hall–Kier alpha value is -3.68. The molecule has 0 radical (unpaired) electrons. The van der Waals surface area contributed by atoms with Gasteiger partial charge in [-0.25, -0.2) is 0 Å². The summed E-state index contributed by atoms with van der Waals surface area (Å²) in [5, 5.41) is 8.99. The van der Waals surface area contributed by atoms with Gasteiger partial charge in [0.05, 0.1) is 7.11 Å². The SMILES string of the molecule is COc1ccc(NC(=O)c2ccnc(C(=O)Nc3cc(C)on3)c2)cc1. The zero-order chi connectivity index (χ0) is 18.5. The van der Waals surface area contributed by atoms with Crippen molar-refractivity contribution in [2.75, 3.05) is 17.7 Å². The van der Waals surface area contributed by atoms with Crippen LogP contribution in [0.2, 0.25) is 0 Å². The molecule has 3 rings (SSSR count). The number of rotatable bonds is 5. The van der Waals surface area contributed by atoms with E-state index in [-0.39, 0.29) is 17.4 Å². The zero-order valence-electron chi connectivity index (χ0n) is 14.1. The number of pyridine rings is 1. The van der Waals surface area contributed by atoms with Gasteiger partial charge in [0.15, 0.2) is 5.82 Å². The van der Waals surface area contributed by atoms with E-state index in [2.05, 4.69) is 20.8 Å². The molecule has 0 unspecified atom stereocenters. The highest BCUT2D eigenvalue weighted by Gasteiger charge is 2.14. The van der Waals surface area contributed by atoms with Crippen molar-refractivity contribution in [2.45, 2.75) is 6.92 Å². The predicted molar refractivity (Wildman–Crippen MR) is 94.4 cm³/mol. The van der Waals surface area contributed by atoms with Crippen molar-refractivity contribution in [3.05, 3.63) is 65.7 Å². The Kier molecular flexibility index (Phi) is 4.93. The van der Waals surface area contributed by atoms with Crippen molar-refractivity contribution in [1.29, 1.82) is 0 Å². The molecule has 0 aliphatic rings. The smallest absolute Gasteiger partial charge is 0.275 e. The van der Waals surface area contributed by atoms with E-state index in [1.807, 2.05) is 0 Å². The molecule has 2 aromatic heterocycles. The number of aryl methyl sites for hydroxylation is 1. The predicted octanol–water partition coefficient (Wildman–Crippen LogP) is 2.89. The normalized spacial score (nSPS) is 10.2. The highest BCUT2D eigenvalue weighted by Crippen LogP contribution is 2.16. The third kappa shape index (κ3) is 4.04. The minimum atomic E-state index is -0.489. The molecule has 0 aliphatic heterocycles. The number of hydrogen-bond donors (Lipinski definition) is 2. The maximum atomic E-state index is 12.4. The molecule has 3 aromatic rings. The highest BCUT2D eigenvalue weighted by molar-refractivity contribution is 6.07. The van der Waals surface area contributed by atoms with Gasteiger partial charge in [-0.05, 0) is 43.3 Å². The highest BCUT2D eigenvalue weighted by atomic mass is 16.5. The van der Waals surface area contributed by atoms with E-state index in [4.69, 9.17) is 9.26 Å². The Labute approximate surface area is 149 Å². The third-order valence-corrected chi connectivity index (χ3v) is 3.47. The number of hydrogen-bond acceptors (Lipinski definition) is 6. The molecular weight excluding hydrogens is 336 g/mol. The van der Waals surface area contributed by atoms with E-state index >= 15 is 0 Å². The number of nitrogens with one attached hydrogen (secondary N) is 2. The summed E-state index contributed by atoms with van der Waals surface area (Å²) in [6, 6.07) is 11.4. The van der Waals surface area contributed by atoms with Crippen molar-refractivity contribution in [2.24, 2.45) is 0 Å². The Balaban J connectivity index is 1.71. The number of carbonyl (C=O) groups is 2. The van der Waals surface area contributed by atoms with Gasteiger partial charge in [0.2, 0.25) is 0 Å². The van der Waals surface area contributed by atoms with Crippen LogP contribution in [0.5, 0.6) is 5.75 Å². The van der Waals surface area contributed by atoms with Crippen LogP contribution in [0.1, 0.15) is 26.6 Å². The number of anilines is 2. The van der Waals surface area contributed by atoms with Gasteiger partial charge in [-0.15, -0.1) is 0 Å². The number of amides is 2. The van der Waals surface area contributed by atoms with E-state index < -0.39 is 5.91 Å². The van der Waals surface area contributed by atoms with Gasteiger partial charge >= 0.3 is 0 Å². The average molecular weight is 352 g/mol. The molecule has 0 aliphatic carbocycles. The van der Waals surface area contributed by atoms with Gasteiger partial charge in [0.25, 0.3) is 11.8 Å². The van der Waals surface area contributed by atoms with Crippen molar-refractivity contribution in [3.63, 3.8) is 0 Å². The fraction of sp³-hybridized carbons (Fsp3) is 0.111. The van der Waals surface area contributed by atoms with E-state index in [1.54, 1.807) is 44.4 Å². The number of benzene rings is 1. The van der Waals surface area contributed by atoms with Crippen LogP contribution in [0, 0.1) is 6.92 Å². The van der Waals surface area contributed by atoms with Gasteiger partial charge < -0.3 is 19.9 Å². The standard InChI is InChI=1S/C18H16N4O4/c1-11-9-16(22-26-11)21-18(24)15-10-12(7-8-19-15)17(23)20-13-3-5-14(25-2)6-4-13/h3-10H,1-2H3,(H,20,23)(H,21,22,24). The molecule has 0 fully saturated rings. The molecule has 132 valence electrons. The Morgan fingerprint density at radius 1 is 1.04 bits per heavy atom. The molecule has 0 atom stereocenters. The third-order valence-electron chi connectivity index (χ3n) is 3.47. The number of carbonyl (C=O) groups excluding carboxylic acids is 2. The van der Waals surface area contributed by atoms with Crippen LogP contribution in [-0.2, 0) is 0 Å². The minimum Gasteiger partial charge on any atom is -0.497 e. The molecule has 2 heterocycles. The van der Waals surface area contributed by atoms with Crippen LogP contribution in [0.4, 0.5) is 11.5 Å². The van der Waals surface area contributed by atoms with Crippen molar-refractivity contribution in [3.8, 4) is 5.75 Å². The summed E-state index contributed by atoms with van der Waals surface area (Å²) >= 11 is 0. The fourth-order valence-corrected chi connectivity index (χ4v) is 2.18. The zero-order valence-corrected chi connectivity index (χ0v) is 14.1. The topological polar surface area (TPSA) is 106 Å². The molecule has 0 saturated carbocycles. The second-order valence-electron chi connectivity index (χ2n) is 5.39. The number of methoxy groups -OCH3 is 1. The molecule has 2 amide bonds. The molecule has 0 spiro atoms. The van der Waals surface area contributed by atoms with Crippen LogP contribution in [0.15, 0.2) is 53.2 Å². The molecule has 0 bridgehead atoms. The van der Waals surface area contributed by atoms with Gasteiger partial charge in [0.1, 0.15) is 17.2 Å². The van der Waals surface area contributed by atoms with E-state index in [0.29, 0.717) is 22.8 Å². The van der Waals surface area contributed by atoms with Gasteiger partial charge in [0, 0.05) is 23.5 Å². The molecular formula is C18H16N4O4. The first-order valence-corrected chi connectivity index (χ1v) is 7.71. The second-order valence-corrected chi connectivity index (χ2v) is 5.39. The summed E-state index contributed by atoms with van der Waals surface area (Å²) in [5.41, 5.74) is 1.00. The lowest BCUT2D eigenvalue weighted by Crippen LogP contribution is -2.17. The Bertz CT molecular complexity index is 934. The molecule has 26 heavy (non-hydrogen) atoms. The molecule has 1 aromatic carbocycles. The molecule has 2 N–H and O–H groups in total. The first-order valence-electron chi connectivity index (χ1n) is 7.71. The summed E-state index contributed by atoms with van der Waals surface area (Å²) in [7, 11) is 1.57. The van der Waals surface area contributed by atoms with Crippen LogP contribution >= 0.6 is 0 Å². The summed E-state index contributed by atoms with van der Waals surface area (Å²) in [6.45, 7) is 1.71. The lowest BCUT2D eigenvalue weighted by atomic mass is 10.2. The van der Waals surface area contributed by atoms with Crippen LogP contribution in [0.3, 0.4) is 0 Å². The van der Waals surface area contributed by atoms with Crippen molar-refractivity contribution < 1.29 is 18.8 Å². The lowest BCUT2D eigenvalue weighted by Gasteiger charge is -2.07. The van der Waals surface area contributed by atoms with Crippen LogP contribution in [-0.4, -0.2) is 29.1 Å². The minimum absolute atomic E-state index is 0.0908. The van der Waals surface area contributed by atoms with E-state index in [1.165, 1.54) is 18.3 Å². The summed E-state index contributed by atoms with van der Waals surface area (Å²) < 4.78 is 9.96. The largest absolute Gasteiger partial charge is 0.497 e. The van der Waals surface area contributed by atoms with Crippen molar-refractivity contribution in [1.82, 2.24) is 10.1 Å². The van der Waals surface area contributed by atoms with Crippen LogP contribution in [0.25, 0.3) is 0 Å². The number of ether oxygens (including phenoxy) is 1. The van der Waals surface area contributed by atoms with E-state index in [0.717, 1.165) is 0 Å². The van der Waals surface area contributed by atoms with Gasteiger partial charge in [-0.1, -0.05) is 5.16 Å². The first kappa shape index (κ1) is 17.2. The summed E-state index contributed by atoms with van der Waals surface area (Å²) in [4.78, 5) is 28.6. The van der Waals surface area contributed by atoms with Crippen molar-refractivity contribution >= 4 is 23.3 Å². The Morgan fingerprint density at radius 3 is 2.46 bits per heavy atom. The van der Waals surface area contributed by atoms with Gasteiger partial charge in [-0.2, -0.15) is 0 Å². The second kappa shape index (κ2) is 7.47. The number of nitrogens with zero attached hydrogens (tertiary/aromatic N) is 2. The molecule has 8 nitrogen and oxygen atoms in total. The summed E-state index contributed by atoms with van der Waals surface area (Å²) in [5.74, 6) is 0.693. The molecule has 0 saturated heterocycles. The van der Waals surface area contributed by atoms with E-state index in [9.17, 15) is 9.59 Å². The lowest BCUT2D eigenvalue weighted by molar-refractivity contribution is 0.102. The maximum Gasteiger partial charge on any atom is 0.275 e. The van der Waals surface area contributed by atoms with Gasteiger partial charge in [-0.3, -0.25) is 14.6 Å². The quantitative estimate of drug-likeness (QED) is 0.731. The monoisotopic (exact) mass is 352 g/mol. The maximum absolute atomic E-state index is 12.4. The number of aromatic nitrogens is 2. The Morgan fingerprint density at radius 2 is 1.81 bits per heavy atom. The first-order chi connectivity index (χ1) is 12.5.